The van der Waals surface area contributed by atoms with Crippen molar-refractivity contribution in [3.8, 4) is 28.5 Å². The summed E-state index contributed by atoms with van der Waals surface area (Å²) in [6, 6.07) is 12.3. The molecule has 1 amide bonds. The Morgan fingerprint density at radius 3 is 2.71 bits per heavy atom. The molecular formula is C23H25N3O5. The number of fused-ring (bicyclic) bond motifs is 1. The first-order valence-electron chi connectivity index (χ1n) is 9.98. The second-order valence-electron chi connectivity index (χ2n) is 7.27. The highest BCUT2D eigenvalue weighted by Gasteiger charge is 2.42. The van der Waals surface area contributed by atoms with Crippen LogP contribution in [-0.2, 0) is 4.74 Å². The van der Waals surface area contributed by atoms with Gasteiger partial charge in [-0.15, -0.1) is 0 Å². The number of aromatic hydroxyl groups is 1. The molecular weight excluding hydrogens is 398 g/mol. The number of phenolic OH excluding ortho intramolecular Hbond substituents is 1. The molecule has 1 atom stereocenters. The van der Waals surface area contributed by atoms with Crippen LogP contribution in [0.5, 0.6) is 17.2 Å². The summed E-state index contributed by atoms with van der Waals surface area (Å²) in [6.07, 6.45) is 0.695. The fourth-order valence-electron chi connectivity index (χ4n) is 4.01. The number of hydrogen-bond acceptors (Lipinski definition) is 6. The van der Waals surface area contributed by atoms with E-state index in [1.807, 2.05) is 24.3 Å². The van der Waals surface area contributed by atoms with Gasteiger partial charge >= 0.3 is 0 Å². The Kier molecular flexibility index (Phi) is 5.81. The fourth-order valence-corrected chi connectivity index (χ4v) is 4.01. The number of ether oxygens (including phenoxy) is 3. The highest BCUT2D eigenvalue weighted by Crippen LogP contribution is 2.44. The number of aromatic amines is 1. The van der Waals surface area contributed by atoms with E-state index >= 15 is 0 Å². The van der Waals surface area contributed by atoms with E-state index in [1.54, 1.807) is 37.3 Å². The van der Waals surface area contributed by atoms with Crippen LogP contribution < -0.4 is 9.47 Å². The molecule has 31 heavy (non-hydrogen) atoms. The summed E-state index contributed by atoms with van der Waals surface area (Å²) in [4.78, 5) is 15.1. The monoisotopic (exact) mass is 423 g/mol. The molecule has 0 radical (unpaired) electrons. The summed E-state index contributed by atoms with van der Waals surface area (Å²) < 4.78 is 15.9. The number of carbonyl (C=O) groups is 1. The largest absolute Gasteiger partial charge is 0.504 e. The van der Waals surface area contributed by atoms with Gasteiger partial charge in [0.25, 0.3) is 5.91 Å². The lowest BCUT2D eigenvalue weighted by atomic mass is 9.95. The number of nitrogens with zero attached hydrogens (tertiary/aromatic N) is 2. The molecule has 1 unspecified atom stereocenters. The van der Waals surface area contributed by atoms with Crippen LogP contribution in [0.2, 0.25) is 0 Å². The quantitative estimate of drug-likeness (QED) is 0.539. The molecule has 0 saturated carbocycles. The van der Waals surface area contributed by atoms with Crippen LogP contribution in [0.4, 0.5) is 0 Å². The molecule has 2 aromatic carbocycles. The third-order valence-corrected chi connectivity index (χ3v) is 5.47. The Bertz CT molecular complexity index is 1090. The van der Waals surface area contributed by atoms with Crippen molar-refractivity contribution in [3.05, 3.63) is 59.3 Å². The number of aromatic nitrogens is 2. The zero-order valence-electron chi connectivity index (χ0n) is 17.7. The first kappa shape index (κ1) is 20.7. The molecule has 162 valence electrons. The third kappa shape index (κ3) is 3.70. The Hall–Kier alpha value is -3.52. The molecule has 1 aromatic heterocycles. The van der Waals surface area contributed by atoms with Gasteiger partial charge in [-0.1, -0.05) is 18.2 Å². The number of phenols is 1. The van der Waals surface area contributed by atoms with Gasteiger partial charge in [-0.25, -0.2) is 0 Å². The van der Waals surface area contributed by atoms with E-state index in [0.717, 1.165) is 16.7 Å². The number of H-pyrrole nitrogens is 1. The zero-order valence-corrected chi connectivity index (χ0v) is 17.7. The highest BCUT2D eigenvalue weighted by molar-refractivity contribution is 6.00. The van der Waals surface area contributed by atoms with Crippen molar-refractivity contribution in [3.63, 3.8) is 0 Å². The van der Waals surface area contributed by atoms with Gasteiger partial charge in [-0.3, -0.25) is 9.89 Å². The molecule has 0 bridgehead atoms. The number of methoxy groups -OCH3 is 3. The standard InChI is InChI=1S/C23H25N3O5/c1-29-11-5-10-26-22(15-8-9-17(27)18(13-15)31-3)19-20(24-25-21(19)23(26)28)14-6-4-7-16(12-14)30-2/h4,6-9,12-13,22,27H,5,10-11H2,1-3H3,(H,24,25). The molecule has 2 N–H and O–H groups in total. The van der Waals surface area contributed by atoms with E-state index in [9.17, 15) is 9.90 Å². The Morgan fingerprint density at radius 1 is 1.13 bits per heavy atom. The molecule has 2 heterocycles. The third-order valence-electron chi connectivity index (χ3n) is 5.47. The van der Waals surface area contributed by atoms with E-state index < -0.39 is 0 Å². The highest BCUT2D eigenvalue weighted by atomic mass is 16.5. The van der Waals surface area contributed by atoms with Gasteiger partial charge < -0.3 is 24.2 Å². The summed E-state index contributed by atoms with van der Waals surface area (Å²) in [6.45, 7) is 1.06. The normalized spacial score (nSPS) is 15.3. The van der Waals surface area contributed by atoms with Crippen molar-refractivity contribution in [2.75, 3.05) is 34.5 Å². The molecule has 1 aliphatic rings. The van der Waals surface area contributed by atoms with E-state index in [0.29, 0.717) is 42.5 Å². The Balaban J connectivity index is 1.84. The topological polar surface area (TPSA) is 96.9 Å². The summed E-state index contributed by atoms with van der Waals surface area (Å²) in [5.41, 5.74) is 3.62. The minimum absolute atomic E-state index is 0.0435. The lowest BCUT2D eigenvalue weighted by molar-refractivity contribution is 0.0723. The number of rotatable bonds is 8. The molecule has 0 fully saturated rings. The van der Waals surface area contributed by atoms with E-state index in [4.69, 9.17) is 14.2 Å². The molecule has 1 aliphatic heterocycles. The van der Waals surface area contributed by atoms with Crippen molar-refractivity contribution in [1.82, 2.24) is 15.1 Å². The second-order valence-corrected chi connectivity index (χ2v) is 7.27. The predicted octanol–water partition coefficient (Wildman–Crippen LogP) is 3.38. The van der Waals surface area contributed by atoms with Crippen LogP contribution in [0.15, 0.2) is 42.5 Å². The lowest BCUT2D eigenvalue weighted by Crippen LogP contribution is -2.31. The minimum atomic E-state index is -0.381. The average molecular weight is 423 g/mol. The maximum absolute atomic E-state index is 13.3. The number of hydrogen-bond donors (Lipinski definition) is 2. The summed E-state index contributed by atoms with van der Waals surface area (Å²) in [5.74, 6) is 0.978. The number of nitrogens with one attached hydrogen (secondary N) is 1. The van der Waals surface area contributed by atoms with Gasteiger partial charge in [0, 0.05) is 31.4 Å². The Morgan fingerprint density at radius 2 is 1.97 bits per heavy atom. The minimum Gasteiger partial charge on any atom is -0.504 e. The van der Waals surface area contributed by atoms with Crippen LogP contribution in [0.3, 0.4) is 0 Å². The maximum Gasteiger partial charge on any atom is 0.273 e. The molecule has 0 aliphatic carbocycles. The second kappa shape index (κ2) is 8.69. The average Bonchev–Trinajstić information content (AvgIpc) is 3.34. The van der Waals surface area contributed by atoms with Crippen molar-refractivity contribution in [2.45, 2.75) is 12.5 Å². The van der Waals surface area contributed by atoms with Crippen LogP contribution >= 0.6 is 0 Å². The van der Waals surface area contributed by atoms with Gasteiger partial charge in [0.05, 0.1) is 26.0 Å². The number of benzene rings is 2. The molecule has 4 rings (SSSR count). The van der Waals surface area contributed by atoms with Crippen molar-refractivity contribution in [2.24, 2.45) is 0 Å². The smallest absolute Gasteiger partial charge is 0.273 e. The van der Waals surface area contributed by atoms with Gasteiger partial charge in [-0.2, -0.15) is 5.10 Å². The van der Waals surface area contributed by atoms with Crippen molar-refractivity contribution >= 4 is 5.91 Å². The summed E-state index contributed by atoms with van der Waals surface area (Å²) >= 11 is 0. The van der Waals surface area contributed by atoms with Crippen LogP contribution in [0, 0.1) is 0 Å². The van der Waals surface area contributed by atoms with Crippen molar-refractivity contribution < 1.29 is 24.1 Å². The van der Waals surface area contributed by atoms with E-state index in [1.165, 1.54) is 7.11 Å². The van der Waals surface area contributed by atoms with Gasteiger partial charge in [0.1, 0.15) is 11.4 Å². The Labute approximate surface area is 180 Å². The molecule has 8 heteroatoms. The van der Waals surface area contributed by atoms with Gasteiger partial charge in [0.2, 0.25) is 0 Å². The zero-order chi connectivity index (χ0) is 22.0. The van der Waals surface area contributed by atoms with Crippen LogP contribution in [-0.4, -0.2) is 60.6 Å². The number of carbonyl (C=O) groups excluding carboxylic acids is 1. The van der Waals surface area contributed by atoms with Crippen molar-refractivity contribution in [1.29, 1.82) is 0 Å². The molecule has 8 nitrogen and oxygen atoms in total. The first-order valence-corrected chi connectivity index (χ1v) is 9.98. The predicted molar refractivity (Wildman–Crippen MR) is 115 cm³/mol. The summed E-state index contributed by atoms with van der Waals surface area (Å²) in [7, 11) is 4.75. The van der Waals surface area contributed by atoms with Crippen LogP contribution in [0.1, 0.15) is 34.1 Å². The van der Waals surface area contributed by atoms with Gasteiger partial charge in [-0.05, 0) is 36.2 Å². The molecule has 0 spiro atoms. The van der Waals surface area contributed by atoms with Crippen LogP contribution in [0.25, 0.3) is 11.3 Å². The maximum atomic E-state index is 13.3. The first-order chi connectivity index (χ1) is 15.1. The molecule has 3 aromatic rings. The molecule has 0 saturated heterocycles. The number of amides is 1. The summed E-state index contributed by atoms with van der Waals surface area (Å²) in [5, 5.41) is 17.5. The fraction of sp³-hybridized carbons (Fsp3) is 0.304. The lowest BCUT2D eigenvalue weighted by Gasteiger charge is -2.26. The van der Waals surface area contributed by atoms with E-state index in [-0.39, 0.29) is 17.7 Å². The van der Waals surface area contributed by atoms with E-state index in [2.05, 4.69) is 10.2 Å². The van der Waals surface area contributed by atoms with Gasteiger partial charge in [0.15, 0.2) is 11.5 Å². The SMILES string of the molecule is COCCCN1C(=O)c2[nH]nc(-c3cccc(OC)c3)c2C1c1ccc(O)c(OC)c1.